The molecule has 0 spiro atoms. The van der Waals surface area contributed by atoms with Crippen molar-refractivity contribution in [2.45, 2.75) is 13.1 Å². The summed E-state index contributed by atoms with van der Waals surface area (Å²) in [5, 5.41) is 17.3. The largest absolute Gasteiger partial charge is 0.416 e. The fourth-order valence-corrected chi connectivity index (χ4v) is 1.25. The van der Waals surface area contributed by atoms with Gasteiger partial charge in [-0.3, -0.25) is 0 Å². The van der Waals surface area contributed by atoms with Crippen LogP contribution in [0.5, 0.6) is 0 Å². The molecule has 17 heavy (non-hydrogen) atoms. The van der Waals surface area contributed by atoms with Gasteiger partial charge in [-0.2, -0.15) is 23.7 Å². The smallest absolute Gasteiger partial charge is 0.192 e. The molecule has 0 radical (unpaired) electrons. The highest BCUT2D eigenvalue weighted by atomic mass is 19.4. The Hall–Kier alpha value is -2.27. The van der Waals surface area contributed by atoms with Gasteiger partial charge in [-0.15, -0.1) is 0 Å². The molecule has 0 fully saturated rings. The van der Waals surface area contributed by atoms with Crippen LogP contribution in [-0.2, 0) is 6.18 Å². The molecule has 0 aliphatic heterocycles. The first kappa shape index (κ1) is 12.8. The van der Waals surface area contributed by atoms with Crippen LogP contribution in [0.2, 0.25) is 0 Å². The molecule has 0 aromatic heterocycles. The molecule has 1 aromatic rings. The van der Waals surface area contributed by atoms with Gasteiger partial charge in [0, 0.05) is 0 Å². The number of rotatable bonds is 1. The number of benzene rings is 1. The predicted molar refractivity (Wildman–Crippen MR) is 55.3 cm³/mol. The molecule has 0 unspecified atom stereocenters. The lowest BCUT2D eigenvalue weighted by Gasteiger charge is -2.07. The third-order valence-electron chi connectivity index (χ3n) is 2.24. The maximum absolute atomic E-state index is 12.3. The van der Waals surface area contributed by atoms with Crippen molar-refractivity contribution in [3.05, 3.63) is 41.0 Å². The number of hydrogen-bond acceptors (Lipinski definition) is 2. The molecular weight excluding hydrogens is 229 g/mol. The Kier molecular flexibility index (Phi) is 3.55. The monoisotopic (exact) mass is 236 g/mol. The van der Waals surface area contributed by atoms with Crippen LogP contribution in [0.3, 0.4) is 0 Å². The molecule has 0 saturated heterocycles. The maximum atomic E-state index is 12.3. The summed E-state index contributed by atoms with van der Waals surface area (Å²) >= 11 is 0. The van der Waals surface area contributed by atoms with Crippen LogP contribution in [0.25, 0.3) is 5.57 Å². The SMILES string of the molecule is CC(=C(C#N)C#N)c1ccc(C(F)(F)F)cc1. The van der Waals surface area contributed by atoms with E-state index in [2.05, 4.69) is 0 Å². The van der Waals surface area contributed by atoms with Crippen molar-refractivity contribution in [3.63, 3.8) is 0 Å². The zero-order valence-corrected chi connectivity index (χ0v) is 8.84. The van der Waals surface area contributed by atoms with E-state index in [4.69, 9.17) is 10.5 Å². The lowest BCUT2D eigenvalue weighted by Crippen LogP contribution is -2.04. The van der Waals surface area contributed by atoms with E-state index in [1.807, 2.05) is 0 Å². The van der Waals surface area contributed by atoms with Gasteiger partial charge in [0.1, 0.15) is 17.7 Å². The normalized spacial score (nSPS) is 10.2. The Balaban J connectivity index is 3.19. The number of alkyl halides is 3. The Morgan fingerprint density at radius 3 is 1.88 bits per heavy atom. The summed E-state index contributed by atoms with van der Waals surface area (Å²) in [6.07, 6.45) is -4.39. The minimum Gasteiger partial charge on any atom is -0.192 e. The predicted octanol–water partition coefficient (Wildman–Crippen LogP) is 3.53. The van der Waals surface area contributed by atoms with Crippen molar-refractivity contribution in [2.24, 2.45) is 0 Å². The molecule has 86 valence electrons. The molecule has 0 aliphatic carbocycles. The van der Waals surface area contributed by atoms with Crippen molar-refractivity contribution in [1.29, 1.82) is 10.5 Å². The standard InChI is InChI=1S/C12H7F3N2/c1-8(10(6-16)7-17)9-2-4-11(5-3-9)12(13,14)15/h2-5H,1H3. The first-order valence-corrected chi connectivity index (χ1v) is 4.59. The van der Waals surface area contributed by atoms with Crippen molar-refractivity contribution in [3.8, 4) is 12.1 Å². The van der Waals surface area contributed by atoms with Crippen molar-refractivity contribution >= 4 is 5.57 Å². The van der Waals surface area contributed by atoms with Crippen LogP contribution < -0.4 is 0 Å². The second kappa shape index (κ2) is 4.71. The molecule has 0 N–H and O–H groups in total. The summed E-state index contributed by atoms with van der Waals surface area (Å²) < 4.78 is 36.9. The van der Waals surface area contributed by atoms with Crippen LogP contribution in [-0.4, -0.2) is 0 Å². The van der Waals surface area contributed by atoms with E-state index in [0.717, 1.165) is 12.1 Å². The zero-order valence-electron chi connectivity index (χ0n) is 8.84. The minimum absolute atomic E-state index is 0.107. The molecule has 0 aliphatic rings. The summed E-state index contributed by atoms with van der Waals surface area (Å²) in [5.74, 6) is 0. The molecule has 0 bridgehead atoms. The van der Waals surface area contributed by atoms with Gasteiger partial charge in [-0.25, -0.2) is 0 Å². The fourth-order valence-electron chi connectivity index (χ4n) is 1.25. The fraction of sp³-hybridized carbons (Fsp3) is 0.167. The first-order valence-electron chi connectivity index (χ1n) is 4.59. The van der Waals surface area contributed by atoms with E-state index in [-0.39, 0.29) is 5.57 Å². The quantitative estimate of drug-likeness (QED) is 0.700. The van der Waals surface area contributed by atoms with E-state index in [1.54, 1.807) is 12.1 Å². The minimum atomic E-state index is -4.39. The molecule has 1 aromatic carbocycles. The summed E-state index contributed by atoms with van der Waals surface area (Å²) in [6.45, 7) is 1.52. The van der Waals surface area contributed by atoms with Gasteiger partial charge < -0.3 is 0 Å². The third kappa shape index (κ3) is 2.85. The molecule has 1 rings (SSSR count). The number of hydrogen-bond donors (Lipinski definition) is 0. The van der Waals surface area contributed by atoms with Gasteiger partial charge in [0.15, 0.2) is 0 Å². The Bertz CT molecular complexity index is 509. The van der Waals surface area contributed by atoms with Crippen LogP contribution in [0.1, 0.15) is 18.1 Å². The number of allylic oxidation sites excluding steroid dienone is 2. The maximum Gasteiger partial charge on any atom is 0.416 e. The molecule has 2 nitrogen and oxygen atoms in total. The molecule has 0 atom stereocenters. The molecule has 0 heterocycles. The van der Waals surface area contributed by atoms with Crippen LogP contribution >= 0.6 is 0 Å². The van der Waals surface area contributed by atoms with Gasteiger partial charge in [0.25, 0.3) is 0 Å². The van der Waals surface area contributed by atoms with Crippen molar-refractivity contribution in [2.75, 3.05) is 0 Å². The van der Waals surface area contributed by atoms with Gasteiger partial charge in [-0.1, -0.05) is 12.1 Å². The summed E-state index contributed by atoms with van der Waals surface area (Å²) in [6, 6.07) is 7.71. The summed E-state index contributed by atoms with van der Waals surface area (Å²) in [7, 11) is 0. The highest BCUT2D eigenvalue weighted by Crippen LogP contribution is 2.30. The zero-order chi connectivity index (χ0) is 13.1. The molecule has 0 saturated carbocycles. The molecular formula is C12H7F3N2. The number of nitrogens with zero attached hydrogens (tertiary/aromatic N) is 2. The molecule has 0 amide bonds. The molecule has 5 heteroatoms. The van der Waals surface area contributed by atoms with Gasteiger partial charge in [0.2, 0.25) is 0 Å². The lowest BCUT2D eigenvalue weighted by atomic mass is 10.0. The number of halogens is 3. The van der Waals surface area contributed by atoms with Gasteiger partial charge in [0.05, 0.1) is 5.56 Å². The Labute approximate surface area is 96.2 Å². The second-order valence-corrected chi connectivity index (χ2v) is 3.30. The van der Waals surface area contributed by atoms with E-state index in [9.17, 15) is 13.2 Å². The average Bonchev–Trinajstić information content (AvgIpc) is 2.29. The van der Waals surface area contributed by atoms with Gasteiger partial charge >= 0.3 is 6.18 Å². The topological polar surface area (TPSA) is 47.6 Å². The van der Waals surface area contributed by atoms with Crippen LogP contribution in [0.4, 0.5) is 13.2 Å². The van der Waals surface area contributed by atoms with E-state index < -0.39 is 11.7 Å². The Morgan fingerprint density at radius 2 is 1.53 bits per heavy atom. The average molecular weight is 236 g/mol. The van der Waals surface area contributed by atoms with Crippen molar-refractivity contribution < 1.29 is 13.2 Å². The third-order valence-corrected chi connectivity index (χ3v) is 2.24. The Morgan fingerprint density at radius 1 is 1.06 bits per heavy atom. The lowest BCUT2D eigenvalue weighted by molar-refractivity contribution is -0.137. The van der Waals surface area contributed by atoms with Crippen LogP contribution in [0.15, 0.2) is 29.8 Å². The first-order chi connectivity index (χ1) is 7.90. The second-order valence-electron chi connectivity index (χ2n) is 3.30. The van der Waals surface area contributed by atoms with E-state index in [1.165, 1.54) is 19.1 Å². The highest BCUT2D eigenvalue weighted by Gasteiger charge is 2.29. The van der Waals surface area contributed by atoms with E-state index in [0.29, 0.717) is 11.1 Å². The summed E-state index contributed by atoms with van der Waals surface area (Å²) in [4.78, 5) is 0. The number of nitriles is 2. The van der Waals surface area contributed by atoms with E-state index >= 15 is 0 Å². The summed E-state index contributed by atoms with van der Waals surface area (Å²) in [5.41, 5.74) is -0.0749. The van der Waals surface area contributed by atoms with Crippen LogP contribution in [0, 0.1) is 22.7 Å². The van der Waals surface area contributed by atoms with Gasteiger partial charge in [-0.05, 0) is 30.2 Å². The van der Waals surface area contributed by atoms with Crippen molar-refractivity contribution in [1.82, 2.24) is 0 Å². The highest BCUT2D eigenvalue weighted by molar-refractivity contribution is 5.73.